The van der Waals surface area contributed by atoms with E-state index >= 15 is 0 Å². The molecule has 0 bridgehead atoms. The van der Waals surface area contributed by atoms with Crippen molar-refractivity contribution in [3.05, 3.63) is 51.0 Å². The first kappa shape index (κ1) is 19.2. The predicted molar refractivity (Wildman–Crippen MR) is 101 cm³/mol. The number of fused-ring (bicyclic) bond motifs is 1. The molecule has 1 aliphatic carbocycles. The quantitative estimate of drug-likeness (QED) is 0.474. The van der Waals surface area contributed by atoms with Gasteiger partial charge in [0.1, 0.15) is 10.7 Å². The summed E-state index contributed by atoms with van der Waals surface area (Å²) >= 11 is 1.41. The molecule has 0 radical (unpaired) electrons. The van der Waals surface area contributed by atoms with Crippen molar-refractivity contribution in [2.24, 2.45) is 0 Å². The summed E-state index contributed by atoms with van der Waals surface area (Å²) in [4.78, 5) is 37.1. The lowest BCUT2D eigenvalue weighted by atomic mass is 10.1. The summed E-state index contributed by atoms with van der Waals surface area (Å²) in [5.74, 6) is -2.30. The van der Waals surface area contributed by atoms with Crippen LogP contribution in [0.2, 0.25) is 0 Å². The van der Waals surface area contributed by atoms with Gasteiger partial charge >= 0.3 is 5.97 Å². The number of rotatable bonds is 5. The van der Waals surface area contributed by atoms with Gasteiger partial charge in [-0.3, -0.25) is 9.59 Å². The van der Waals surface area contributed by atoms with E-state index in [1.54, 1.807) is 0 Å². The summed E-state index contributed by atoms with van der Waals surface area (Å²) in [6.45, 7) is 0.776. The van der Waals surface area contributed by atoms with Crippen LogP contribution in [0.1, 0.15) is 56.7 Å². The third-order valence-electron chi connectivity index (χ3n) is 4.37. The van der Waals surface area contributed by atoms with E-state index in [4.69, 9.17) is 4.74 Å². The fourth-order valence-electron chi connectivity index (χ4n) is 3.07. The summed E-state index contributed by atoms with van der Waals surface area (Å²) in [7, 11) is 0. The van der Waals surface area contributed by atoms with E-state index in [9.17, 15) is 18.8 Å². The number of aryl methyl sites for hydroxylation is 2. The maximum Gasteiger partial charge on any atom is 0.348 e. The molecule has 1 aromatic heterocycles. The second-order valence-electron chi connectivity index (χ2n) is 6.49. The molecular formula is C20H20FNO4S. The molecule has 0 aliphatic heterocycles. The number of ketones is 1. The van der Waals surface area contributed by atoms with E-state index in [1.165, 1.54) is 47.3 Å². The third kappa shape index (κ3) is 4.80. The maximum absolute atomic E-state index is 14.1. The summed E-state index contributed by atoms with van der Waals surface area (Å²) < 4.78 is 19.2. The molecule has 1 N–H and O–H groups in total. The predicted octanol–water partition coefficient (Wildman–Crippen LogP) is 4.15. The van der Waals surface area contributed by atoms with Crippen LogP contribution in [0.15, 0.2) is 24.3 Å². The number of benzene rings is 1. The standard InChI is InChI=1S/C20H20FNO4S/c1-12(23)22-14-7-8-15(16(21)10-14)17(24)11-26-20(25)19-9-13-5-3-2-4-6-18(13)27-19/h7-10H,2-6,11H2,1H3,(H,22,23). The van der Waals surface area contributed by atoms with Crippen molar-refractivity contribution in [2.45, 2.75) is 39.0 Å². The Hall–Kier alpha value is -2.54. The number of anilines is 1. The van der Waals surface area contributed by atoms with E-state index in [-0.39, 0.29) is 17.2 Å². The van der Waals surface area contributed by atoms with Crippen LogP contribution < -0.4 is 5.32 Å². The highest BCUT2D eigenvalue weighted by atomic mass is 32.1. The van der Waals surface area contributed by atoms with Crippen LogP contribution in [-0.4, -0.2) is 24.3 Å². The van der Waals surface area contributed by atoms with Gasteiger partial charge in [0.2, 0.25) is 11.7 Å². The number of thiophene rings is 1. The molecule has 1 amide bonds. The maximum atomic E-state index is 14.1. The van der Waals surface area contributed by atoms with E-state index in [0.717, 1.165) is 31.7 Å². The first-order chi connectivity index (χ1) is 12.9. The van der Waals surface area contributed by atoms with Gasteiger partial charge in [-0.15, -0.1) is 11.3 Å². The number of nitrogens with one attached hydrogen (secondary N) is 1. The molecule has 5 nitrogen and oxygen atoms in total. The summed E-state index contributed by atoms with van der Waals surface area (Å²) in [6, 6.07) is 5.60. The fraction of sp³-hybridized carbons (Fsp3) is 0.350. The summed E-state index contributed by atoms with van der Waals surface area (Å²) in [5.41, 5.74) is 1.27. The van der Waals surface area contributed by atoms with Gasteiger partial charge in [-0.25, -0.2) is 9.18 Å². The van der Waals surface area contributed by atoms with Crippen LogP contribution in [-0.2, 0) is 22.4 Å². The van der Waals surface area contributed by atoms with Gasteiger partial charge in [-0.1, -0.05) is 6.42 Å². The highest BCUT2D eigenvalue weighted by Gasteiger charge is 2.20. The molecule has 1 aliphatic rings. The molecule has 27 heavy (non-hydrogen) atoms. The molecule has 142 valence electrons. The van der Waals surface area contributed by atoms with Crippen LogP contribution in [0.5, 0.6) is 0 Å². The van der Waals surface area contributed by atoms with Crippen molar-refractivity contribution in [3.8, 4) is 0 Å². The SMILES string of the molecule is CC(=O)Nc1ccc(C(=O)COC(=O)c2cc3c(s2)CCCCC3)c(F)c1. The van der Waals surface area contributed by atoms with Gasteiger partial charge in [0.25, 0.3) is 0 Å². The number of ether oxygens (including phenoxy) is 1. The van der Waals surface area contributed by atoms with Crippen LogP contribution in [0.4, 0.5) is 10.1 Å². The lowest BCUT2D eigenvalue weighted by Gasteiger charge is -2.07. The molecule has 1 aromatic carbocycles. The van der Waals surface area contributed by atoms with Gasteiger partial charge in [-0.2, -0.15) is 0 Å². The van der Waals surface area contributed by atoms with E-state index in [1.807, 2.05) is 6.07 Å². The van der Waals surface area contributed by atoms with Crippen molar-refractivity contribution < 1.29 is 23.5 Å². The molecule has 0 atom stereocenters. The minimum absolute atomic E-state index is 0.182. The van der Waals surface area contributed by atoms with Crippen LogP contribution in [0.3, 0.4) is 0 Å². The van der Waals surface area contributed by atoms with Crippen molar-refractivity contribution in [3.63, 3.8) is 0 Å². The third-order valence-corrected chi connectivity index (χ3v) is 5.59. The average Bonchev–Trinajstić information content (AvgIpc) is 2.90. The molecule has 0 saturated heterocycles. The zero-order chi connectivity index (χ0) is 19.4. The number of hydrogen-bond acceptors (Lipinski definition) is 5. The second kappa shape index (κ2) is 8.43. The molecule has 1 heterocycles. The Labute approximate surface area is 160 Å². The van der Waals surface area contributed by atoms with E-state index in [0.29, 0.717) is 4.88 Å². The lowest BCUT2D eigenvalue weighted by molar-refractivity contribution is -0.114. The number of carbonyl (C=O) groups excluding carboxylic acids is 3. The largest absolute Gasteiger partial charge is 0.453 e. The zero-order valence-corrected chi connectivity index (χ0v) is 15.8. The molecule has 3 rings (SSSR count). The van der Waals surface area contributed by atoms with Crippen LogP contribution in [0, 0.1) is 5.82 Å². The Balaban J connectivity index is 1.62. The second-order valence-corrected chi connectivity index (χ2v) is 7.63. The summed E-state index contributed by atoms with van der Waals surface area (Å²) in [6.07, 6.45) is 5.36. The minimum Gasteiger partial charge on any atom is -0.453 e. The topological polar surface area (TPSA) is 72.5 Å². The number of Topliss-reactive ketones (excluding diaryl/α,β-unsaturated/α-hetero) is 1. The molecule has 0 spiro atoms. The van der Waals surface area contributed by atoms with Crippen LogP contribution >= 0.6 is 11.3 Å². The number of halogens is 1. The fourth-order valence-corrected chi connectivity index (χ4v) is 4.22. The first-order valence-corrected chi connectivity index (χ1v) is 9.64. The molecular weight excluding hydrogens is 369 g/mol. The molecule has 0 fully saturated rings. The lowest BCUT2D eigenvalue weighted by Crippen LogP contribution is -2.15. The van der Waals surface area contributed by atoms with Crippen molar-refractivity contribution in [1.82, 2.24) is 0 Å². The monoisotopic (exact) mass is 389 g/mol. The molecule has 7 heteroatoms. The molecule has 2 aromatic rings. The number of carbonyl (C=O) groups is 3. The number of esters is 1. The van der Waals surface area contributed by atoms with Gasteiger partial charge in [0, 0.05) is 17.5 Å². The van der Waals surface area contributed by atoms with E-state index < -0.39 is 24.2 Å². The van der Waals surface area contributed by atoms with E-state index in [2.05, 4.69) is 5.32 Å². The van der Waals surface area contributed by atoms with Gasteiger partial charge < -0.3 is 10.1 Å². The Bertz CT molecular complexity index is 867. The number of hydrogen-bond donors (Lipinski definition) is 1. The van der Waals surface area contributed by atoms with Crippen molar-refractivity contribution in [1.29, 1.82) is 0 Å². The Morgan fingerprint density at radius 2 is 1.93 bits per heavy atom. The van der Waals surface area contributed by atoms with Gasteiger partial charge in [0.15, 0.2) is 6.61 Å². The zero-order valence-electron chi connectivity index (χ0n) is 15.0. The normalized spacial score (nSPS) is 13.4. The number of amides is 1. The highest BCUT2D eigenvalue weighted by Crippen LogP contribution is 2.29. The Kier molecular flexibility index (Phi) is 6.01. The summed E-state index contributed by atoms with van der Waals surface area (Å²) in [5, 5.41) is 2.44. The van der Waals surface area contributed by atoms with Gasteiger partial charge in [-0.05, 0) is 55.5 Å². The first-order valence-electron chi connectivity index (χ1n) is 8.83. The van der Waals surface area contributed by atoms with Crippen molar-refractivity contribution in [2.75, 3.05) is 11.9 Å². The van der Waals surface area contributed by atoms with Gasteiger partial charge in [0.05, 0.1) is 5.56 Å². The Morgan fingerprint density at radius 1 is 1.15 bits per heavy atom. The highest BCUT2D eigenvalue weighted by molar-refractivity contribution is 7.14. The Morgan fingerprint density at radius 3 is 2.67 bits per heavy atom. The minimum atomic E-state index is -0.773. The van der Waals surface area contributed by atoms with Crippen molar-refractivity contribution >= 4 is 34.7 Å². The molecule has 0 unspecified atom stereocenters. The smallest absolute Gasteiger partial charge is 0.348 e. The molecule has 0 saturated carbocycles. The average molecular weight is 389 g/mol. The van der Waals surface area contributed by atoms with Crippen LogP contribution in [0.25, 0.3) is 0 Å².